The van der Waals surface area contributed by atoms with Crippen LogP contribution in [0.15, 0.2) is 30.3 Å². The maximum absolute atomic E-state index is 11.8. The third-order valence-electron chi connectivity index (χ3n) is 3.21. The summed E-state index contributed by atoms with van der Waals surface area (Å²) >= 11 is 6.70. The second-order valence-electron chi connectivity index (χ2n) is 5.70. The van der Waals surface area contributed by atoms with Crippen molar-refractivity contribution in [2.75, 3.05) is 17.7 Å². The third-order valence-corrected chi connectivity index (χ3v) is 4.38. The molecule has 0 unspecified atom stereocenters. The van der Waals surface area contributed by atoms with Crippen molar-refractivity contribution in [3.8, 4) is 0 Å². The lowest BCUT2D eigenvalue weighted by molar-refractivity contribution is 0.0377. The Hall–Kier alpha value is -2.45. The Morgan fingerprint density at radius 1 is 1.12 bits per heavy atom. The zero-order valence-corrected chi connectivity index (χ0v) is 16.5. The quantitative estimate of drug-likeness (QED) is 0.583. The number of hydrogen-bond acceptors (Lipinski definition) is 6. The number of methoxy groups -OCH3 is 1. The molecule has 138 valence electrons. The number of carbonyl (C=O) groups is 2. The number of carbonyl (C=O) groups excluding carboxylic acids is 2. The SMILES string of the molecule is COC(=O)c1cc(C)sc1NC(=S)Nc1ccc(C(=O)OC(C)C)cc1. The summed E-state index contributed by atoms with van der Waals surface area (Å²) in [5.41, 5.74) is 1.60. The maximum Gasteiger partial charge on any atom is 0.340 e. The summed E-state index contributed by atoms with van der Waals surface area (Å²) in [4.78, 5) is 24.6. The van der Waals surface area contributed by atoms with Gasteiger partial charge in [0.25, 0.3) is 0 Å². The van der Waals surface area contributed by atoms with Gasteiger partial charge >= 0.3 is 11.9 Å². The van der Waals surface area contributed by atoms with Crippen LogP contribution < -0.4 is 10.6 Å². The van der Waals surface area contributed by atoms with Crippen LogP contribution in [0.25, 0.3) is 0 Å². The zero-order chi connectivity index (χ0) is 19.3. The number of rotatable bonds is 5. The van der Waals surface area contributed by atoms with E-state index in [1.54, 1.807) is 44.2 Å². The molecule has 0 aliphatic carbocycles. The van der Waals surface area contributed by atoms with E-state index in [2.05, 4.69) is 10.6 Å². The van der Waals surface area contributed by atoms with Gasteiger partial charge in [-0.1, -0.05) is 0 Å². The van der Waals surface area contributed by atoms with Gasteiger partial charge in [0.1, 0.15) is 5.00 Å². The summed E-state index contributed by atoms with van der Waals surface area (Å²) in [7, 11) is 1.33. The van der Waals surface area contributed by atoms with E-state index in [9.17, 15) is 9.59 Å². The van der Waals surface area contributed by atoms with Gasteiger partial charge in [-0.05, 0) is 63.3 Å². The Morgan fingerprint density at radius 3 is 2.35 bits per heavy atom. The molecule has 2 N–H and O–H groups in total. The highest BCUT2D eigenvalue weighted by Gasteiger charge is 2.16. The highest BCUT2D eigenvalue weighted by Crippen LogP contribution is 2.28. The Bertz CT molecular complexity index is 813. The van der Waals surface area contributed by atoms with Crippen LogP contribution in [0.3, 0.4) is 0 Å². The summed E-state index contributed by atoms with van der Waals surface area (Å²) in [5.74, 6) is -0.795. The van der Waals surface area contributed by atoms with Gasteiger partial charge in [-0.2, -0.15) is 0 Å². The van der Waals surface area contributed by atoms with Crippen molar-refractivity contribution in [1.29, 1.82) is 0 Å². The molecule has 0 saturated heterocycles. The van der Waals surface area contributed by atoms with Crippen molar-refractivity contribution in [1.82, 2.24) is 0 Å². The van der Waals surface area contributed by atoms with Crippen molar-refractivity contribution in [2.24, 2.45) is 0 Å². The molecule has 26 heavy (non-hydrogen) atoms. The lowest BCUT2D eigenvalue weighted by Crippen LogP contribution is -2.20. The van der Waals surface area contributed by atoms with Crippen molar-refractivity contribution in [3.05, 3.63) is 46.3 Å². The number of anilines is 2. The molecule has 0 amide bonds. The average molecular weight is 393 g/mol. The number of benzene rings is 1. The molecule has 8 heteroatoms. The molecular weight excluding hydrogens is 372 g/mol. The summed E-state index contributed by atoms with van der Waals surface area (Å²) < 4.78 is 9.92. The normalized spacial score (nSPS) is 10.3. The fourth-order valence-electron chi connectivity index (χ4n) is 2.11. The molecule has 0 aliphatic heterocycles. The van der Waals surface area contributed by atoms with Gasteiger partial charge in [-0.25, -0.2) is 9.59 Å². The lowest BCUT2D eigenvalue weighted by Gasteiger charge is -2.11. The molecule has 0 fully saturated rings. The number of aryl methyl sites for hydroxylation is 1. The van der Waals surface area contributed by atoms with Crippen LogP contribution in [-0.2, 0) is 9.47 Å². The van der Waals surface area contributed by atoms with Crippen LogP contribution >= 0.6 is 23.6 Å². The van der Waals surface area contributed by atoms with Gasteiger partial charge in [0.05, 0.1) is 24.3 Å². The number of thiocarbonyl (C=S) groups is 1. The summed E-state index contributed by atoms with van der Waals surface area (Å²) in [6.07, 6.45) is -0.171. The van der Waals surface area contributed by atoms with E-state index >= 15 is 0 Å². The Kier molecular flexibility index (Phi) is 6.70. The molecule has 0 spiro atoms. The van der Waals surface area contributed by atoms with E-state index in [1.807, 2.05) is 6.92 Å². The van der Waals surface area contributed by atoms with E-state index in [-0.39, 0.29) is 12.1 Å². The van der Waals surface area contributed by atoms with Crippen LogP contribution in [-0.4, -0.2) is 30.3 Å². The number of thiophene rings is 1. The maximum atomic E-state index is 11.8. The number of hydrogen-bond donors (Lipinski definition) is 2. The van der Waals surface area contributed by atoms with Crippen LogP contribution in [0.4, 0.5) is 10.7 Å². The highest BCUT2D eigenvalue weighted by molar-refractivity contribution is 7.80. The molecule has 0 atom stereocenters. The highest BCUT2D eigenvalue weighted by atomic mass is 32.1. The molecule has 0 saturated carbocycles. The molecule has 0 radical (unpaired) electrons. The topological polar surface area (TPSA) is 76.7 Å². The zero-order valence-electron chi connectivity index (χ0n) is 14.9. The largest absolute Gasteiger partial charge is 0.465 e. The van der Waals surface area contributed by atoms with E-state index < -0.39 is 5.97 Å². The summed E-state index contributed by atoms with van der Waals surface area (Å²) in [6, 6.07) is 8.52. The Morgan fingerprint density at radius 2 is 1.77 bits per heavy atom. The minimum Gasteiger partial charge on any atom is -0.465 e. The third kappa shape index (κ3) is 5.27. The van der Waals surface area contributed by atoms with E-state index in [1.165, 1.54) is 18.4 Å². The predicted octanol–water partition coefficient (Wildman–Crippen LogP) is 4.22. The minimum atomic E-state index is -0.423. The van der Waals surface area contributed by atoms with Gasteiger partial charge < -0.3 is 20.1 Å². The average Bonchev–Trinajstić information content (AvgIpc) is 2.94. The fourth-order valence-corrected chi connectivity index (χ4v) is 3.29. The van der Waals surface area contributed by atoms with Crippen LogP contribution in [0, 0.1) is 6.92 Å². The number of ether oxygens (including phenoxy) is 2. The van der Waals surface area contributed by atoms with Gasteiger partial charge in [-0.15, -0.1) is 11.3 Å². The lowest BCUT2D eigenvalue weighted by atomic mass is 10.2. The van der Waals surface area contributed by atoms with Crippen LogP contribution in [0.5, 0.6) is 0 Å². The smallest absolute Gasteiger partial charge is 0.340 e. The standard InChI is InChI=1S/C18H20N2O4S2/c1-10(2)24-16(21)12-5-7-13(8-6-12)19-18(25)20-15-14(17(22)23-4)9-11(3)26-15/h5-10H,1-4H3,(H2,19,20,25). The summed E-state index contributed by atoms with van der Waals surface area (Å²) in [5, 5.41) is 6.96. The fraction of sp³-hybridized carbons (Fsp3) is 0.278. The molecule has 1 heterocycles. The summed E-state index contributed by atoms with van der Waals surface area (Å²) in [6.45, 7) is 5.49. The van der Waals surface area contributed by atoms with Crippen molar-refractivity contribution < 1.29 is 19.1 Å². The Labute approximate surface area is 161 Å². The first kappa shape index (κ1) is 19.9. The number of nitrogens with one attached hydrogen (secondary N) is 2. The van der Waals surface area contributed by atoms with Crippen molar-refractivity contribution >= 4 is 51.3 Å². The molecule has 2 rings (SSSR count). The number of esters is 2. The second kappa shape index (κ2) is 8.77. The minimum absolute atomic E-state index is 0.171. The molecule has 0 aliphatic rings. The molecule has 0 bridgehead atoms. The van der Waals surface area contributed by atoms with E-state index in [0.29, 0.717) is 26.9 Å². The molecule has 6 nitrogen and oxygen atoms in total. The molecular formula is C18H20N2O4S2. The van der Waals surface area contributed by atoms with Crippen molar-refractivity contribution in [3.63, 3.8) is 0 Å². The van der Waals surface area contributed by atoms with Gasteiger partial charge in [0.2, 0.25) is 0 Å². The Balaban J connectivity index is 2.02. The monoisotopic (exact) mass is 392 g/mol. The van der Waals surface area contributed by atoms with Crippen molar-refractivity contribution in [2.45, 2.75) is 26.9 Å². The first-order chi connectivity index (χ1) is 12.3. The van der Waals surface area contributed by atoms with Gasteiger partial charge in [-0.3, -0.25) is 0 Å². The van der Waals surface area contributed by atoms with Crippen LogP contribution in [0.1, 0.15) is 39.4 Å². The first-order valence-electron chi connectivity index (χ1n) is 7.88. The molecule has 1 aromatic heterocycles. The first-order valence-corrected chi connectivity index (χ1v) is 9.10. The van der Waals surface area contributed by atoms with Gasteiger partial charge in [0, 0.05) is 10.6 Å². The second-order valence-corrected chi connectivity index (χ2v) is 7.37. The molecule has 1 aromatic carbocycles. The van der Waals surface area contributed by atoms with Gasteiger partial charge in [0.15, 0.2) is 5.11 Å². The van der Waals surface area contributed by atoms with Crippen LogP contribution in [0.2, 0.25) is 0 Å². The van der Waals surface area contributed by atoms with E-state index in [4.69, 9.17) is 21.7 Å². The molecule has 2 aromatic rings. The predicted molar refractivity (Wildman–Crippen MR) is 107 cm³/mol. The van der Waals surface area contributed by atoms with E-state index in [0.717, 1.165) is 4.88 Å².